The highest BCUT2D eigenvalue weighted by atomic mass is 16.3. The van der Waals surface area contributed by atoms with Gasteiger partial charge in [-0.15, -0.1) is 0 Å². The highest BCUT2D eigenvalue weighted by Gasteiger charge is 2.63. The summed E-state index contributed by atoms with van der Waals surface area (Å²) in [7, 11) is 0. The van der Waals surface area contributed by atoms with E-state index in [9.17, 15) is 9.90 Å². The van der Waals surface area contributed by atoms with Crippen molar-refractivity contribution >= 4 is 5.78 Å². The van der Waals surface area contributed by atoms with Crippen LogP contribution in [0.5, 0.6) is 0 Å². The second-order valence-electron chi connectivity index (χ2n) is 6.84. The highest BCUT2D eigenvalue weighted by Crippen LogP contribution is 2.66. The van der Waals surface area contributed by atoms with Gasteiger partial charge < -0.3 is 5.11 Å². The van der Waals surface area contributed by atoms with E-state index in [0.717, 1.165) is 12.8 Å². The van der Waals surface area contributed by atoms with Crippen LogP contribution in [0, 0.1) is 22.7 Å². The van der Waals surface area contributed by atoms with Crippen LogP contribution in [0.25, 0.3) is 0 Å². The average molecular weight is 232 g/mol. The fourth-order valence-electron chi connectivity index (χ4n) is 4.47. The van der Waals surface area contributed by atoms with E-state index in [0.29, 0.717) is 11.5 Å². The minimum atomic E-state index is -0.328. The molecule has 0 spiro atoms. The fraction of sp³-hybridized carbons (Fsp3) is 0.667. The molecule has 0 aliphatic heterocycles. The molecule has 0 unspecified atom stereocenters. The third-order valence-corrected chi connectivity index (χ3v) is 5.48. The number of rotatable bonds is 0. The number of aliphatic hydroxyl groups is 1. The van der Waals surface area contributed by atoms with Crippen LogP contribution in [0.2, 0.25) is 0 Å². The first kappa shape index (κ1) is 11.2. The summed E-state index contributed by atoms with van der Waals surface area (Å²) >= 11 is 0. The van der Waals surface area contributed by atoms with Crippen LogP contribution in [0.15, 0.2) is 23.8 Å². The van der Waals surface area contributed by atoms with E-state index in [1.807, 2.05) is 0 Å². The number of fused-ring (bicyclic) bond motifs is 3. The monoisotopic (exact) mass is 232 g/mol. The summed E-state index contributed by atoms with van der Waals surface area (Å²) in [6.45, 7) is 10.3. The zero-order valence-corrected chi connectivity index (χ0v) is 10.8. The molecule has 0 radical (unpaired) electrons. The Morgan fingerprint density at radius 2 is 2.06 bits per heavy atom. The Morgan fingerprint density at radius 1 is 1.41 bits per heavy atom. The van der Waals surface area contributed by atoms with Gasteiger partial charge >= 0.3 is 0 Å². The SMILES string of the molecule is C=C1C(=O)C=C2C[C@H]3CC(C)(C)[C@H](O)[C@H]3[C@]12C. The van der Waals surface area contributed by atoms with Gasteiger partial charge in [0.1, 0.15) is 0 Å². The van der Waals surface area contributed by atoms with Crippen LogP contribution in [0.4, 0.5) is 0 Å². The van der Waals surface area contributed by atoms with Gasteiger partial charge in [0, 0.05) is 16.9 Å². The molecular formula is C15H20O2. The molecule has 0 amide bonds. The van der Waals surface area contributed by atoms with Crippen molar-refractivity contribution in [2.24, 2.45) is 22.7 Å². The van der Waals surface area contributed by atoms with Gasteiger partial charge in [-0.05, 0) is 30.3 Å². The zero-order chi connectivity index (χ0) is 12.6. The van der Waals surface area contributed by atoms with Crippen molar-refractivity contribution in [3.05, 3.63) is 23.8 Å². The molecule has 3 rings (SSSR count). The number of allylic oxidation sites excluding steroid dienone is 3. The third-order valence-electron chi connectivity index (χ3n) is 5.48. The summed E-state index contributed by atoms with van der Waals surface area (Å²) in [5.74, 6) is 0.765. The summed E-state index contributed by atoms with van der Waals surface area (Å²) in [6.07, 6.45) is 3.45. The maximum Gasteiger partial charge on any atom is 0.182 e. The van der Waals surface area contributed by atoms with Crippen LogP contribution in [0.1, 0.15) is 33.6 Å². The lowest BCUT2D eigenvalue weighted by atomic mass is 9.70. The standard InChI is InChI=1S/C15H20O2/c1-8-11(16)6-10-5-9-7-14(2,3)13(17)12(9)15(8,10)4/h6,9,12-13,17H,1,5,7H2,2-4H3/t9-,12-,13+,15+/m0/s1. The Labute approximate surface area is 102 Å². The maximum atomic E-state index is 11.8. The zero-order valence-electron chi connectivity index (χ0n) is 10.8. The molecule has 2 nitrogen and oxygen atoms in total. The molecule has 4 atom stereocenters. The molecule has 0 saturated heterocycles. The van der Waals surface area contributed by atoms with Gasteiger partial charge in [0.25, 0.3) is 0 Å². The molecule has 0 aromatic rings. The second-order valence-corrected chi connectivity index (χ2v) is 6.84. The summed E-state index contributed by atoms with van der Waals surface area (Å²) in [6, 6.07) is 0. The van der Waals surface area contributed by atoms with E-state index in [1.165, 1.54) is 5.57 Å². The third kappa shape index (κ3) is 1.12. The molecule has 2 heteroatoms. The predicted molar refractivity (Wildman–Crippen MR) is 66.3 cm³/mol. The smallest absolute Gasteiger partial charge is 0.182 e. The first-order valence-corrected chi connectivity index (χ1v) is 6.41. The lowest BCUT2D eigenvalue weighted by molar-refractivity contribution is -0.111. The molecule has 3 aliphatic rings. The molecular weight excluding hydrogens is 212 g/mol. The molecule has 0 aromatic carbocycles. The van der Waals surface area contributed by atoms with Crippen molar-refractivity contribution in [3.63, 3.8) is 0 Å². The Bertz CT molecular complexity index is 458. The van der Waals surface area contributed by atoms with E-state index >= 15 is 0 Å². The number of carbonyl (C=O) groups excluding carboxylic acids is 1. The summed E-state index contributed by atoms with van der Waals surface area (Å²) in [4.78, 5) is 11.8. The van der Waals surface area contributed by atoms with Crippen molar-refractivity contribution in [1.82, 2.24) is 0 Å². The Hall–Kier alpha value is -0.890. The first-order chi connectivity index (χ1) is 7.78. The molecule has 3 aliphatic carbocycles. The number of ketones is 1. The summed E-state index contributed by atoms with van der Waals surface area (Å²) in [5, 5.41) is 10.6. The van der Waals surface area contributed by atoms with Gasteiger partial charge in [0.2, 0.25) is 0 Å². The quantitative estimate of drug-likeness (QED) is 0.651. The minimum Gasteiger partial charge on any atom is -0.392 e. The fourth-order valence-corrected chi connectivity index (χ4v) is 4.47. The molecule has 2 fully saturated rings. The van der Waals surface area contributed by atoms with E-state index < -0.39 is 0 Å². The van der Waals surface area contributed by atoms with Crippen molar-refractivity contribution < 1.29 is 9.90 Å². The summed E-state index contributed by atoms with van der Waals surface area (Å²) in [5.41, 5.74) is 1.60. The molecule has 2 saturated carbocycles. The van der Waals surface area contributed by atoms with Crippen LogP contribution >= 0.6 is 0 Å². The van der Waals surface area contributed by atoms with Crippen LogP contribution in [-0.2, 0) is 4.79 Å². The van der Waals surface area contributed by atoms with Crippen LogP contribution in [-0.4, -0.2) is 17.0 Å². The van der Waals surface area contributed by atoms with E-state index in [4.69, 9.17) is 0 Å². The van der Waals surface area contributed by atoms with Gasteiger partial charge in [-0.2, -0.15) is 0 Å². The van der Waals surface area contributed by atoms with E-state index in [-0.39, 0.29) is 28.6 Å². The molecule has 0 aromatic heterocycles. The lowest BCUT2D eigenvalue weighted by Gasteiger charge is -2.35. The molecule has 17 heavy (non-hydrogen) atoms. The molecule has 0 bridgehead atoms. The van der Waals surface area contributed by atoms with E-state index in [1.54, 1.807) is 6.08 Å². The van der Waals surface area contributed by atoms with Gasteiger partial charge in [0.05, 0.1) is 6.10 Å². The number of carbonyl (C=O) groups is 1. The van der Waals surface area contributed by atoms with Gasteiger partial charge in [-0.25, -0.2) is 0 Å². The van der Waals surface area contributed by atoms with Crippen molar-refractivity contribution in [2.45, 2.75) is 39.7 Å². The summed E-state index contributed by atoms with van der Waals surface area (Å²) < 4.78 is 0. The van der Waals surface area contributed by atoms with Gasteiger partial charge in [0.15, 0.2) is 5.78 Å². The predicted octanol–water partition coefficient (Wildman–Crippen LogP) is 2.48. The van der Waals surface area contributed by atoms with Crippen LogP contribution in [0.3, 0.4) is 0 Å². The van der Waals surface area contributed by atoms with Crippen molar-refractivity contribution in [1.29, 1.82) is 0 Å². The first-order valence-electron chi connectivity index (χ1n) is 6.41. The second kappa shape index (κ2) is 2.92. The van der Waals surface area contributed by atoms with Crippen LogP contribution < -0.4 is 0 Å². The number of aliphatic hydroxyl groups excluding tert-OH is 1. The lowest BCUT2D eigenvalue weighted by Crippen LogP contribution is -2.37. The minimum absolute atomic E-state index is 0.0320. The largest absolute Gasteiger partial charge is 0.392 e. The molecule has 92 valence electrons. The normalized spacial score (nSPS) is 47.1. The topological polar surface area (TPSA) is 37.3 Å². The number of hydrogen-bond acceptors (Lipinski definition) is 2. The highest BCUT2D eigenvalue weighted by molar-refractivity contribution is 6.09. The molecule has 1 N–H and O–H groups in total. The average Bonchev–Trinajstić information content (AvgIpc) is 2.68. The Morgan fingerprint density at radius 3 is 2.71 bits per heavy atom. The Balaban J connectivity index is 2.09. The van der Waals surface area contributed by atoms with Gasteiger partial charge in [-0.3, -0.25) is 4.79 Å². The maximum absolute atomic E-state index is 11.8. The van der Waals surface area contributed by atoms with Gasteiger partial charge in [-0.1, -0.05) is 32.9 Å². The Kier molecular flexibility index (Phi) is 1.92. The van der Waals surface area contributed by atoms with E-state index in [2.05, 4.69) is 27.4 Å². The number of hydrogen-bond donors (Lipinski definition) is 1. The van der Waals surface area contributed by atoms with Crippen molar-refractivity contribution in [2.75, 3.05) is 0 Å². The molecule has 0 heterocycles. The van der Waals surface area contributed by atoms with Crippen molar-refractivity contribution in [3.8, 4) is 0 Å².